The first kappa shape index (κ1) is 19.1. The predicted octanol–water partition coefficient (Wildman–Crippen LogP) is 4.01. The molecule has 1 aliphatic rings. The average Bonchev–Trinajstić information content (AvgIpc) is 3.18. The van der Waals surface area contributed by atoms with E-state index in [9.17, 15) is 14.9 Å². The van der Waals surface area contributed by atoms with Crippen LogP contribution in [-0.4, -0.2) is 27.3 Å². The number of aromatic nitrogens is 2. The van der Waals surface area contributed by atoms with Crippen LogP contribution in [0.4, 0.5) is 11.4 Å². The smallest absolute Gasteiger partial charge is 0.292 e. The van der Waals surface area contributed by atoms with Crippen LogP contribution in [0.3, 0.4) is 0 Å². The Hall–Kier alpha value is -3.19. The number of non-ortho nitro benzene ring substituents is 1. The van der Waals surface area contributed by atoms with Crippen LogP contribution in [0.5, 0.6) is 0 Å². The second-order valence-electron chi connectivity index (χ2n) is 7.01. The van der Waals surface area contributed by atoms with Gasteiger partial charge in [-0.3, -0.25) is 14.9 Å². The van der Waals surface area contributed by atoms with Crippen molar-refractivity contribution in [2.45, 2.75) is 25.3 Å². The third kappa shape index (κ3) is 3.86. The number of rotatable bonds is 5. The Kier molecular flexibility index (Phi) is 5.31. The van der Waals surface area contributed by atoms with Gasteiger partial charge in [0.15, 0.2) is 0 Å². The number of nitro groups is 1. The summed E-state index contributed by atoms with van der Waals surface area (Å²) >= 11 is 6.46. The van der Waals surface area contributed by atoms with Gasteiger partial charge in [-0.1, -0.05) is 41.9 Å². The monoisotopic (exact) mass is 410 g/mol. The summed E-state index contributed by atoms with van der Waals surface area (Å²) in [5.41, 5.74) is 1.81. The number of benzene rings is 2. The normalized spacial score (nSPS) is 16.2. The summed E-state index contributed by atoms with van der Waals surface area (Å²) in [4.78, 5) is 25.3. The molecule has 2 aromatic carbocycles. The molecule has 29 heavy (non-hydrogen) atoms. The molecule has 8 heteroatoms. The van der Waals surface area contributed by atoms with Gasteiger partial charge in [-0.25, -0.2) is 0 Å². The van der Waals surface area contributed by atoms with Crippen molar-refractivity contribution in [2.75, 3.05) is 11.4 Å². The van der Waals surface area contributed by atoms with Gasteiger partial charge in [-0.05, 0) is 37.0 Å². The molecule has 1 aromatic heterocycles. The van der Waals surface area contributed by atoms with E-state index in [0.717, 1.165) is 30.5 Å². The maximum Gasteiger partial charge on any atom is 0.292 e. The van der Waals surface area contributed by atoms with E-state index in [1.54, 1.807) is 6.20 Å². The van der Waals surface area contributed by atoms with Gasteiger partial charge in [-0.2, -0.15) is 9.78 Å². The molecule has 1 unspecified atom stereocenters. The first-order chi connectivity index (χ1) is 14.0. The first-order valence-corrected chi connectivity index (χ1v) is 9.75. The van der Waals surface area contributed by atoms with Crippen LogP contribution >= 0.6 is 11.6 Å². The molecule has 0 spiro atoms. The second kappa shape index (κ2) is 8.05. The van der Waals surface area contributed by atoms with Crippen molar-refractivity contribution in [1.82, 2.24) is 9.78 Å². The van der Waals surface area contributed by atoms with E-state index >= 15 is 0 Å². The van der Waals surface area contributed by atoms with Gasteiger partial charge >= 0.3 is 0 Å². The number of hydrogen-bond donors (Lipinski definition) is 0. The van der Waals surface area contributed by atoms with Gasteiger partial charge in [0.05, 0.1) is 22.5 Å². The zero-order valence-corrected chi connectivity index (χ0v) is 16.3. The molecular formula is C21H19ClN4O3. The minimum Gasteiger partial charge on any atom is -0.366 e. The molecule has 1 atom stereocenters. The Morgan fingerprint density at radius 1 is 1.14 bits per heavy atom. The summed E-state index contributed by atoms with van der Waals surface area (Å²) in [6.07, 6.45) is 4.53. The third-order valence-corrected chi connectivity index (χ3v) is 5.56. The number of nitrogens with zero attached hydrogens (tertiary/aromatic N) is 4. The third-order valence-electron chi connectivity index (χ3n) is 5.21. The van der Waals surface area contributed by atoms with E-state index in [4.69, 9.17) is 11.6 Å². The topological polar surface area (TPSA) is 81.3 Å². The molecule has 0 bridgehead atoms. The van der Waals surface area contributed by atoms with E-state index in [-0.39, 0.29) is 16.8 Å². The summed E-state index contributed by atoms with van der Waals surface area (Å²) in [7, 11) is 0. The molecule has 0 saturated carbocycles. The van der Waals surface area contributed by atoms with Crippen molar-refractivity contribution in [3.63, 3.8) is 0 Å². The van der Waals surface area contributed by atoms with Crippen molar-refractivity contribution in [3.05, 3.63) is 91.8 Å². The van der Waals surface area contributed by atoms with Crippen LogP contribution in [0.1, 0.15) is 18.4 Å². The minimum atomic E-state index is -0.490. The highest BCUT2D eigenvalue weighted by Gasteiger charge is 2.28. The molecule has 2 heterocycles. The summed E-state index contributed by atoms with van der Waals surface area (Å²) in [5, 5.41) is 15.2. The van der Waals surface area contributed by atoms with Gasteiger partial charge < -0.3 is 4.90 Å². The van der Waals surface area contributed by atoms with Crippen LogP contribution in [-0.2, 0) is 6.42 Å². The average molecular weight is 411 g/mol. The standard InChI is InChI=1S/C21H19ClN4O3/c22-20-19(24-12-4-7-18(24)13-15-5-2-1-3-6-15)14-23-25(21(20)27)16-8-10-17(11-9-16)26(28)29/h1-3,5-6,8-11,14,18H,4,7,12-13H2. The summed E-state index contributed by atoms with van der Waals surface area (Å²) in [6.45, 7) is 0.819. The zero-order chi connectivity index (χ0) is 20.4. The van der Waals surface area contributed by atoms with Crippen LogP contribution in [0.15, 0.2) is 65.6 Å². The van der Waals surface area contributed by atoms with E-state index in [1.165, 1.54) is 29.8 Å². The van der Waals surface area contributed by atoms with Crippen molar-refractivity contribution >= 4 is 23.0 Å². The van der Waals surface area contributed by atoms with E-state index in [1.807, 2.05) is 18.2 Å². The predicted molar refractivity (Wildman–Crippen MR) is 112 cm³/mol. The van der Waals surface area contributed by atoms with E-state index in [2.05, 4.69) is 22.1 Å². The number of anilines is 1. The Morgan fingerprint density at radius 3 is 2.55 bits per heavy atom. The lowest BCUT2D eigenvalue weighted by atomic mass is 10.0. The number of nitro benzene ring substituents is 1. The van der Waals surface area contributed by atoms with Crippen LogP contribution in [0, 0.1) is 10.1 Å². The van der Waals surface area contributed by atoms with Gasteiger partial charge in [0.25, 0.3) is 11.2 Å². The molecule has 0 aliphatic carbocycles. The van der Waals surface area contributed by atoms with Gasteiger partial charge in [-0.15, -0.1) is 0 Å². The summed E-state index contributed by atoms with van der Waals surface area (Å²) in [5.74, 6) is 0. The summed E-state index contributed by atoms with van der Waals surface area (Å²) < 4.78 is 1.16. The molecular weight excluding hydrogens is 392 g/mol. The van der Waals surface area contributed by atoms with Crippen LogP contribution < -0.4 is 10.5 Å². The highest BCUT2D eigenvalue weighted by Crippen LogP contribution is 2.31. The molecule has 0 radical (unpaired) electrons. The molecule has 7 nitrogen and oxygen atoms in total. The summed E-state index contributed by atoms with van der Waals surface area (Å²) in [6, 6.07) is 16.1. The highest BCUT2D eigenvalue weighted by molar-refractivity contribution is 6.33. The lowest BCUT2D eigenvalue weighted by Crippen LogP contribution is -2.33. The minimum absolute atomic E-state index is 0.0506. The van der Waals surface area contributed by atoms with E-state index in [0.29, 0.717) is 11.4 Å². The van der Waals surface area contributed by atoms with Crippen molar-refractivity contribution in [2.24, 2.45) is 0 Å². The fourth-order valence-electron chi connectivity index (χ4n) is 3.78. The van der Waals surface area contributed by atoms with Gasteiger partial charge in [0.2, 0.25) is 0 Å². The second-order valence-corrected chi connectivity index (χ2v) is 7.39. The lowest BCUT2D eigenvalue weighted by Gasteiger charge is -2.27. The Balaban J connectivity index is 1.63. The number of halogens is 1. The van der Waals surface area contributed by atoms with Gasteiger partial charge in [0.1, 0.15) is 5.02 Å². The first-order valence-electron chi connectivity index (χ1n) is 9.38. The maximum absolute atomic E-state index is 12.8. The zero-order valence-electron chi connectivity index (χ0n) is 15.6. The molecule has 4 rings (SSSR count). The fourth-order valence-corrected chi connectivity index (χ4v) is 4.01. The highest BCUT2D eigenvalue weighted by atomic mass is 35.5. The Labute approximate surface area is 172 Å². The molecule has 1 aliphatic heterocycles. The quantitative estimate of drug-likeness (QED) is 0.469. The molecule has 0 amide bonds. The SMILES string of the molecule is O=c1c(Cl)c(N2CCCC2Cc2ccccc2)cnn1-c1ccc([N+](=O)[O-])cc1. The lowest BCUT2D eigenvalue weighted by molar-refractivity contribution is -0.384. The molecule has 148 valence electrons. The maximum atomic E-state index is 12.8. The van der Waals surface area contributed by atoms with Crippen LogP contribution in [0.25, 0.3) is 5.69 Å². The van der Waals surface area contributed by atoms with Crippen LogP contribution in [0.2, 0.25) is 5.02 Å². The Morgan fingerprint density at radius 2 is 1.86 bits per heavy atom. The van der Waals surface area contributed by atoms with E-state index < -0.39 is 10.5 Å². The van der Waals surface area contributed by atoms with Crippen molar-refractivity contribution in [3.8, 4) is 5.69 Å². The molecule has 1 fully saturated rings. The molecule has 1 saturated heterocycles. The largest absolute Gasteiger partial charge is 0.366 e. The van der Waals surface area contributed by atoms with Gasteiger partial charge in [0, 0.05) is 24.7 Å². The fraction of sp³-hybridized carbons (Fsp3) is 0.238. The van der Waals surface area contributed by atoms with Crippen molar-refractivity contribution < 1.29 is 4.92 Å². The Bertz CT molecular complexity index is 1080. The number of hydrogen-bond acceptors (Lipinski definition) is 5. The molecule has 0 N–H and O–H groups in total. The molecule has 3 aromatic rings. The van der Waals surface area contributed by atoms with Crippen molar-refractivity contribution in [1.29, 1.82) is 0 Å².